The van der Waals surface area contributed by atoms with Gasteiger partial charge in [-0.15, -0.1) is 0 Å². The normalized spacial score (nSPS) is 11.8. The first kappa shape index (κ1) is 12.4. The van der Waals surface area contributed by atoms with E-state index in [1.54, 1.807) is 0 Å². The maximum absolute atomic E-state index is 12.9. The van der Waals surface area contributed by atoms with E-state index >= 15 is 0 Å². The number of nitrogens with one attached hydrogen (secondary N) is 1. The summed E-state index contributed by atoms with van der Waals surface area (Å²) in [6.45, 7) is -0.0103. The first-order valence-electron chi connectivity index (χ1n) is 4.96. The third-order valence-electron chi connectivity index (χ3n) is 2.41. The van der Waals surface area contributed by atoms with Gasteiger partial charge >= 0.3 is 11.9 Å². The fourth-order valence-corrected chi connectivity index (χ4v) is 1.57. The molecule has 0 spiro atoms. The van der Waals surface area contributed by atoms with E-state index in [2.05, 4.69) is 5.10 Å². The van der Waals surface area contributed by atoms with Crippen LogP contribution >= 0.6 is 0 Å². The van der Waals surface area contributed by atoms with Crippen LogP contribution in [0.2, 0.25) is 0 Å². The Morgan fingerprint density at radius 1 is 1.39 bits per heavy atom. The van der Waals surface area contributed by atoms with Gasteiger partial charge < -0.3 is 5.73 Å². The lowest BCUT2D eigenvalue weighted by atomic mass is 10.1. The van der Waals surface area contributed by atoms with Crippen molar-refractivity contribution in [3.8, 4) is 5.69 Å². The second-order valence-electron chi connectivity index (χ2n) is 3.58. The Morgan fingerprint density at radius 2 is 2.11 bits per heavy atom. The highest BCUT2D eigenvalue weighted by atomic mass is 19.4. The number of aromatic nitrogens is 3. The zero-order chi connectivity index (χ0) is 13.3. The summed E-state index contributed by atoms with van der Waals surface area (Å²) < 4.78 is 39.5. The fourth-order valence-electron chi connectivity index (χ4n) is 1.57. The Morgan fingerprint density at radius 3 is 2.61 bits per heavy atom. The van der Waals surface area contributed by atoms with Gasteiger partial charge in [-0.3, -0.25) is 0 Å². The summed E-state index contributed by atoms with van der Waals surface area (Å²) in [7, 11) is 0. The largest absolute Gasteiger partial charge is 0.418 e. The van der Waals surface area contributed by atoms with Gasteiger partial charge in [0.25, 0.3) is 0 Å². The number of nitrogens with two attached hydrogens (primary N) is 1. The van der Waals surface area contributed by atoms with Crippen molar-refractivity contribution in [2.24, 2.45) is 5.73 Å². The van der Waals surface area contributed by atoms with Gasteiger partial charge in [-0.2, -0.15) is 18.3 Å². The van der Waals surface area contributed by atoms with Crippen LogP contribution in [0.25, 0.3) is 5.69 Å². The van der Waals surface area contributed by atoms with E-state index in [9.17, 15) is 18.0 Å². The number of hydrogen-bond donors (Lipinski definition) is 2. The molecule has 0 radical (unpaired) electrons. The minimum absolute atomic E-state index is 0.0103. The molecule has 2 rings (SSSR count). The predicted molar refractivity (Wildman–Crippen MR) is 57.1 cm³/mol. The first-order valence-corrected chi connectivity index (χ1v) is 4.96. The molecule has 0 fully saturated rings. The first-order chi connectivity index (χ1) is 8.43. The molecule has 0 atom stereocenters. The summed E-state index contributed by atoms with van der Waals surface area (Å²) in [5.74, 6) is 0. The van der Waals surface area contributed by atoms with E-state index in [4.69, 9.17) is 5.73 Å². The summed E-state index contributed by atoms with van der Waals surface area (Å²) in [6, 6.07) is 3.56. The molecule has 1 aromatic carbocycles. The van der Waals surface area contributed by atoms with Crippen molar-refractivity contribution in [2.75, 3.05) is 0 Å². The lowest BCUT2D eigenvalue weighted by molar-refractivity contribution is -0.137. The van der Waals surface area contributed by atoms with E-state index in [0.29, 0.717) is 5.56 Å². The standard InChI is InChI=1S/C10H9F3N4O/c11-10(12,13)7-3-6(4-14)1-2-8(7)17-5-15-16-9(17)18/h1-3,5H,4,14H2,(H,16,18). The Bertz CT molecular complexity index is 614. The van der Waals surface area contributed by atoms with Crippen LogP contribution in [0.4, 0.5) is 13.2 Å². The van der Waals surface area contributed by atoms with Crippen LogP contribution in [0.3, 0.4) is 0 Å². The molecule has 0 bridgehead atoms. The number of rotatable bonds is 2. The monoisotopic (exact) mass is 258 g/mol. The van der Waals surface area contributed by atoms with Crippen LogP contribution in [0, 0.1) is 0 Å². The third kappa shape index (κ3) is 2.14. The minimum Gasteiger partial charge on any atom is -0.326 e. The van der Waals surface area contributed by atoms with Crippen molar-refractivity contribution in [1.29, 1.82) is 0 Å². The van der Waals surface area contributed by atoms with E-state index < -0.39 is 17.4 Å². The molecule has 96 valence electrons. The quantitative estimate of drug-likeness (QED) is 0.844. The Labute approximate surface area is 99.0 Å². The van der Waals surface area contributed by atoms with Crippen LogP contribution in [-0.4, -0.2) is 14.8 Å². The molecule has 0 aliphatic heterocycles. The summed E-state index contributed by atoms with van der Waals surface area (Å²) >= 11 is 0. The fraction of sp³-hybridized carbons (Fsp3) is 0.200. The van der Waals surface area contributed by atoms with Gasteiger partial charge in [0.05, 0.1) is 11.3 Å². The highest BCUT2D eigenvalue weighted by Gasteiger charge is 2.34. The number of nitrogens with zero attached hydrogens (tertiary/aromatic N) is 2. The summed E-state index contributed by atoms with van der Waals surface area (Å²) in [5.41, 5.74) is 3.71. The second-order valence-corrected chi connectivity index (χ2v) is 3.58. The van der Waals surface area contributed by atoms with Gasteiger partial charge in [0.1, 0.15) is 6.33 Å². The zero-order valence-electron chi connectivity index (χ0n) is 9.03. The van der Waals surface area contributed by atoms with E-state index in [-0.39, 0.29) is 12.2 Å². The van der Waals surface area contributed by atoms with Gasteiger partial charge in [-0.1, -0.05) is 6.07 Å². The van der Waals surface area contributed by atoms with E-state index in [1.165, 1.54) is 12.1 Å². The van der Waals surface area contributed by atoms with Crippen LogP contribution in [0.1, 0.15) is 11.1 Å². The highest BCUT2D eigenvalue weighted by molar-refractivity contribution is 5.45. The smallest absolute Gasteiger partial charge is 0.326 e. The summed E-state index contributed by atoms with van der Waals surface area (Å²) in [6.07, 6.45) is -3.58. The molecule has 1 aromatic heterocycles. The van der Waals surface area contributed by atoms with Crippen LogP contribution < -0.4 is 11.4 Å². The SMILES string of the molecule is NCc1ccc(-n2cn[nH]c2=O)c(C(F)(F)F)c1. The maximum Gasteiger partial charge on any atom is 0.418 e. The topological polar surface area (TPSA) is 76.7 Å². The van der Waals surface area contributed by atoms with Gasteiger partial charge in [0.15, 0.2) is 0 Å². The lowest BCUT2D eigenvalue weighted by Gasteiger charge is -2.13. The average molecular weight is 258 g/mol. The molecule has 0 amide bonds. The molecule has 3 N–H and O–H groups in total. The number of hydrogen-bond acceptors (Lipinski definition) is 3. The van der Waals surface area contributed by atoms with Gasteiger partial charge in [-0.05, 0) is 17.7 Å². The maximum atomic E-state index is 12.9. The molecule has 0 unspecified atom stereocenters. The third-order valence-corrected chi connectivity index (χ3v) is 2.41. The summed E-state index contributed by atoms with van der Waals surface area (Å²) in [5, 5.41) is 5.44. The number of aromatic amines is 1. The van der Waals surface area contributed by atoms with Crippen LogP contribution in [0.15, 0.2) is 29.3 Å². The Balaban J connectivity index is 2.68. The number of benzene rings is 1. The molecular weight excluding hydrogens is 249 g/mol. The molecule has 2 aromatic rings. The Hall–Kier alpha value is -2.09. The van der Waals surface area contributed by atoms with Crippen molar-refractivity contribution in [3.63, 3.8) is 0 Å². The van der Waals surface area contributed by atoms with E-state index in [1.807, 2.05) is 5.10 Å². The lowest BCUT2D eigenvalue weighted by Crippen LogP contribution is -2.19. The molecular formula is C10H9F3N4O. The van der Waals surface area contributed by atoms with Gasteiger partial charge in [0, 0.05) is 6.54 Å². The number of H-pyrrole nitrogens is 1. The molecule has 0 saturated heterocycles. The molecule has 1 heterocycles. The molecule has 18 heavy (non-hydrogen) atoms. The minimum atomic E-state index is -4.57. The molecule has 0 saturated carbocycles. The predicted octanol–water partition coefficient (Wildman–Crippen LogP) is 1.04. The molecule has 0 aliphatic rings. The summed E-state index contributed by atoms with van der Waals surface area (Å²) in [4.78, 5) is 11.3. The van der Waals surface area contributed by atoms with E-state index in [0.717, 1.165) is 17.0 Å². The zero-order valence-corrected chi connectivity index (χ0v) is 9.03. The van der Waals surface area contributed by atoms with Crippen molar-refractivity contribution in [3.05, 3.63) is 46.1 Å². The molecule has 5 nitrogen and oxygen atoms in total. The van der Waals surface area contributed by atoms with Crippen LogP contribution in [0.5, 0.6) is 0 Å². The van der Waals surface area contributed by atoms with Gasteiger partial charge in [0.2, 0.25) is 0 Å². The van der Waals surface area contributed by atoms with Crippen molar-refractivity contribution >= 4 is 0 Å². The van der Waals surface area contributed by atoms with Crippen molar-refractivity contribution < 1.29 is 13.2 Å². The second kappa shape index (κ2) is 4.30. The molecule has 0 aliphatic carbocycles. The van der Waals surface area contributed by atoms with Crippen molar-refractivity contribution in [1.82, 2.24) is 14.8 Å². The molecule has 8 heteroatoms. The van der Waals surface area contributed by atoms with Crippen molar-refractivity contribution in [2.45, 2.75) is 12.7 Å². The number of alkyl halides is 3. The van der Waals surface area contributed by atoms with Crippen LogP contribution in [-0.2, 0) is 12.7 Å². The highest BCUT2D eigenvalue weighted by Crippen LogP contribution is 2.34. The van der Waals surface area contributed by atoms with Gasteiger partial charge in [-0.25, -0.2) is 14.5 Å². The average Bonchev–Trinajstić information content (AvgIpc) is 2.73. The Kier molecular flexibility index (Phi) is 2.95. The number of halogens is 3.